The largest absolute Gasteiger partial charge is 0.382 e. The van der Waals surface area contributed by atoms with Crippen molar-refractivity contribution in [2.75, 3.05) is 26.3 Å². The van der Waals surface area contributed by atoms with Crippen molar-refractivity contribution in [1.82, 2.24) is 25.4 Å². The lowest BCUT2D eigenvalue weighted by atomic mass is 10.1. The van der Waals surface area contributed by atoms with Crippen LogP contribution in [-0.4, -0.2) is 53.1 Å². The van der Waals surface area contributed by atoms with Crippen LogP contribution in [0.25, 0.3) is 0 Å². The Balaban J connectivity index is 2.49. The van der Waals surface area contributed by atoms with E-state index in [2.05, 4.69) is 58.1 Å². The molecule has 1 atom stereocenters. The Hall–Kier alpha value is -1.63. The summed E-state index contributed by atoms with van der Waals surface area (Å²) in [7, 11) is 0. The van der Waals surface area contributed by atoms with Gasteiger partial charge < -0.3 is 19.9 Å². The number of hydrogen-bond acceptors (Lipinski definition) is 4. The monoisotopic (exact) mass is 338 g/mol. The quantitative estimate of drug-likeness (QED) is 0.366. The van der Waals surface area contributed by atoms with Crippen molar-refractivity contribution in [3.63, 3.8) is 0 Å². The molecule has 0 saturated carbocycles. The molecule has 0 spiro atoms. The highest BCUT2D eigenvalue weighted by molar-refractivity contribution is 5.80. The second-order valence-corrected chi connectivity index (χ2v) is 6.18. The smallest absolute Gasteiger partial charge is 0.191 e. The SMILES string of the molecule is CCOCCCN=C(NCCn1cnnc1CC)NC(C)C(C)C. The van der Waals surface area contributed by atoms with Crippen molar-refractivity contribution in [3.05, 3.63) is 12.2 Å². The Labute approximate surface area is 146 Å². The van der Waals surface area contributed by atoms with Crippen LogP contribution >= 0.6 is 0 Å². The normalized spacial score (nSPS) is 13.3. The second kappa shape index (κ2) is 11.8. The van der Waals surface area contributed by atoms with Crippen LogP contribution in [0.5, 0.6) is 0 Å². The zero-order chi connectivity index (χ0) is 17.8. The number of rotatable bonds is 11. The summed E-state index contributed by atoms with van der Waals surface area (Å²) in [5, 5.41) is 15.0. The fourth-order valence-corrected chi connectivity index (χ4v) is 2.07. The van der Waals surface area contributed by atoms with Gasteiger partial charge in [-0.15, -0.1) is 10.2 Å². The molecule has 0 radical (unpaired) electrons. The van der Waals surface area contributed by atoms with Gasteiger partial charge in [0.05, 0.1) is 0 Å². The van der Waals surface area contributed by atoms with Crippen LogP contribution < -0.4 is 10.6 Å². The maximum Gasteiger partial charge on any atom is 0.191 e. The van der Waals surface area contributed by atoms with Gasteiger partial charge in [-0.25, -0.2) is 0 Å². The Kier molecular flexibility index (Phi) is 10.1. The van der Waals surface area contributed by atoms with E-state index in [-0.39, 0.29) is 0 Å². The second-order valence-electron chi connectivity index (χ2n) is 6.18. The average Bonchev–Trinajstić information content (AvgIpc) is 3.01. The zero-order valence-corrected chi connectivity index (χ0v) is 15.9. The van der Waals surface area contributed by atoms with Crippen LogP contribution in [-0.2, 0) is 17.7 Å². The van der Waals surface area contributed by atoms with E-state index in [4.69, 9.17) is 4.74 Å². The van der Waals surface area contributed by atoms with Crippen LogP contribution in [0.2, 0.25) is 0 Å². The first kappa shape index (κ1) is 20.4. The van der Waals surface area contributed by atoms with Gasteiger partial charge in [-0.3, -0.25) is 4.99 Å². The Morgan fingerprint density at radius 3 is 2.79 bits per heavy atom. The summed E-state index contributed by atoms with van der Waals surface area (Å²) in [6, 6.07) is 0.365. The van der Waals surface area contributed by atoms with Crippen LogP contribution in [0.3, 0.4) is 0 Å². The summed E-state index contributed by atoms with van der Waals surface area (Å²) in [6.07, 6.45) is 3.60. The predicted octanol–water partition coefficient (Wildman–Crippen LogP) is 1.85. The highest BCUT2D eigenvalue weighted by Gasteiger charge is 2.09. The van der Waals surface area contributed by atoms with Crippen LogP contribution in [0.1, 0.15) is 46.9 Å². The average molecular weight is 339 g/mol. The number of nitrogens with one attached hydrogen (secondary N) is 2. The van der Waals surface area contributed by atoms with Crippen LogP contribution in [0.15, 0.2) is 11.3 Å². The van der Waals surface area contributed by atoms with Crippen LogP contribution in [0, 0.1) is 5.92 Å². The zero-order valence-electron chi connectivity index (χ0n) is 15.9. The fourth-order valence-electron chi connectivity index (χ4n) is 2.07. The number of aromatic nitrogens is 3. The number of ether oxygens (including phenoxy) is 1. The van der Waals surface area contributed by atoms with Crippen molar-refractivity contribution in [2.24, 2.45) is 10.9 Å². The third kappa shape index (κ3) is 7.77. The molecule has 0 amide bonds. The molecule has 1 aromatic heterocycles. The van der Waals surface area contributed by atoms with E-state index in [1.165, 1.54) is 0 Å². The van der Waals surface area contributed by atoms with E-state index in [1.54, 1.807) is 6.33 Å². The molecule has 0 bridgehead atoms. The molecule has 0 aromatic carbocycles. The van der Waals surface area contributed by atoms with E-state index in [9.17, 15) is 0 Å². The minimum atomic E-state index is 0.365. The lowest BCUT2D eigenvalue weighted by Gasteiger charge is -2.21. The lowest BCUT2D eigenvalue weighted by molar-refractivity contribution is 0.146. The van der Waals surface area contributed by atoms with Gasteiger partial charge in [0.1, 0.15) is 12.2 Å². The third-order valence-electron chi connectivity index (χ3n) is 3.94. The summed E-state index contributed by atoms with van der Waals surface area (Å²) in [4.78, 5) is 4.65. The van der Waals surface area contributed by atoms with E-state index >= 15 is 0 Å². The molecule has 1 heterocycles. The molecule has 0 saturated heterocycles. The van der Waals surface area contributed by atoms with Gasteiger partial charge in [-0.2, -0.15) is 0 Å². The van der Waals surface area contributed by atoms with Crippen molar-refractivity contribution in [2.45, 2.75) is 60.0 Å². The minimum Gasteiger partial charge on any atom is -0.382 e. The fraction of sp³-hybridized carbons (Fsp3) is 0.824. The summed E-state index contributed by atoms with van der Waals surface area (Å²) in [5.74, 6) is 2.42. The number of aliphatic imine (C=N–C) groups is 1. The lowest BCUT2D eigenvalue weighted by Crippen LogP contribution is -2.45. The minimum absolute atomic E-state index is 0.365. The van der Waals surface area contributed by atoms with E-state index in [0.29, 0.717) is 12.0 Å². The first-order valence-corrected chi connectivity index (χ1v) is 9.07. The standard InChI is InChI=1S/C17H34N6O/c1-6-16-22-20-13-23(16)11-10-19-17(21-15(5)14(3)4)18-9-8-12-24-7-2/h13-15H,6-12H2,1-5H3,(H2,18,19,21). The molecule has 1 aromatic rings. The molecule has 0 fully saturated rings. The molecule has 138 valence electrons. The number of nitrogens with zero attached hydrogens (tertiary/aromatic N) is 4. The topological polar surface area (TPSA) is 76.4 Å². The first-order valence-electron chi connectivity index (χ1n) is 9.07. The van der Waals surface area contributed by atoms with Gasteiger partial charge in [0.25, 0.3) is 0 Å². The van der Waals surface area contributed by atoms with Crippen molar-refractivity contribution in [1.29, 1.82) is 0 Å². The predicted molar refractivity (Wildman–Crippen MR) is 98.3 cm³/mol. The van der Waals surface area contributed by atoms with Gasteiger partial charge in [0.15, 0.2) is 5.96 Å². The number of guanidine groups is 1. The number of hydrogen-bond donors (Lipinski definition) is 2. The van der Waals surface area contributed by atoms with Crippen molar-refractivity contribution >= 4 is 5.96 Å². The van der Waals surface area contributed by atoms with Gasteiger partial charge in [-0.05, 0) is 26.2 Å². The molecule has 1 unspecified atom stereocenters. The van der Waals surface area contributed by atoms with Gasteiger partial charge in [0.2, 0.25) is 0 Å². The third-order valence-corrected chi connectivity index (χ3v) is 3.94. The van der Waals surface area contributed by atoms with Gasteiger partial charge in [-0.1, -0.05) is 20.8 Å². The highest BCUT2D eigenvalue weighted by atomic mass is 16.5. The Bertz CT molecular complexity index is 471. The van der Waals surface area contributed by atoms with Crippen molar-refractivity contribution in [3.8, 4) is 0 Å². The molecule has 0 aliphatic rings. The molecule has 0 aliphatic heterocycles. The molecule has 7 heteroatoms. The molecule has 0 aliphatic carbocycles. The molecule has 24 heavy (non-hydrogen) atoms. The van der Waals surface area contributed by atoms with Crippen LogP contribution in [0.4, 0.5) is 0 Å². The number of aryl methyl sites for hydroxylation is 1. The molecule has 1 rings (SSSR count). The summed E-state index contributed by atoms with van der Waals surface area (Å²) in [6.45, 7) is 14.6. The van der Waals surface area contributed by atoms with Gasteiger partial charge >= 0.3 is 0 Å². The first-order chi connectivity index (χ1) is 11.6. The molecular weight excluding hydrogens is 304 g/mol. The highest BCUT2D eigenvalue weighted by Crippen LogP contribution is 2.00. The molecular formula is C17H34N6O. The summed E-state index contributed by atoms with van der Waals surface area (Å²) >= 11 is 0. The summed E-state index contributed by atoms with van der Waals surface area (Å²) < 4.78 is 7.44. The molecule has 2 N–H and O–H groups in total. The van der Waals surface area contributed by atoms with E-state index in [0.717, 1.165) is 57.5 Å². The summed E-state index contributed by atoms with van der Waals surface area (Å²) in [5.41, 5.74) is 0. The maximum absolute atomic E-state index is 5.36. The van der Waals surface area contributed by atoms with E-state index in [1.807, 2.05) is 6.92 Å². The van der Waals surface area contributed by atoms with Gasteiger partial charge in [0, 0.05) is 45.3 Å². The Morgan fingerprint density at radius 2 is 2.12 bits per heavy atom. The Morgan fingerprint density at radius 1 is 1.33 bits per heavy atom. The molecule has 7 nitrogen and oxygen atoms in total. The van der Waals surface area contributed by atoms with Crippen molar-refractivity contribution < 1.29 is 4.74 Å². The van der Waals surface area contributed by atoms with E-state index < -0.39 is 0 Å². The maximum atomic E-state index is 5.36.